The Morgan fingerprint density at radius 3 is 2.80 bits per heavy atom. The van der Waals surface area contributed by atoms with Gasteiger partial charge in [-0.2, -0.15) is 0 Å². The first-order chi connectivity index (χ1) is 12.0. The van der Waals surface area contributed by atoms with E-state index in [1.54, 1.807) is 37.3 Å². The standard InChI is InChI=1S/C19H24N2O4/c1-21-16-7-5-4-6-13(16)14(19(21)23)11-18(22)20-15-10-12(24-2)8-9-17(15)25-3/h8-10,16H,4-7,11H2,1-3H3,(H,20,22). The van der Waals surface area contributed by atoms with E-state index in [1.807, 2.05) is 7.05 Å². The Balaban J connectivity index is 1.78. The zero-order valence-electron chi connectivity index (χ0n) is 14.9. The summed E-state index contributed by atoms with van der Waals surface area (Å²) >= 11 is 0. The van der Waals surface area contributed by atoms with Gasteiger partial charge in [0.2, 0.25) is 5.91 Å². The Morgan fingerprint density at radius 1 is 1.28 bits per heavy atom. The highest BCUT2D eigenvalue weighted by molar-refractivity contribution is 6.05. The van der Waals surface area contributed by atoms with Gasteiger partial charge in [0.05, 0.1) is 32.4 Å². The smallest absolute Gasteiger partial charge is 0.250 e. The lowest BCUT2D eigenvalue weighted by Crippen LogP contribution is -2.33. The molecule has 1 aromatic carbocycles. The third-order valence-corrected chi connectivity index (χ3v) is 5.03. The van der Waals surface area contributed by atoms with E-state index in [0.717, 1.165) is 31.3 Å². The molecule has 25 heavy (non-hydrogen) atoms. The zero-order chi connectivity index (χ0) is 18.0. The molecule has 1 aliphatic carbocycles. The molecule has 1 heterocycles. The summed E-state index contributed by atoms with van der Waals surface area (Å²) in [6.45, 7) is 0. The van der Waals surface area contributed by atoms with Crippen LogP contribution in [0.5, 0.6) is 11.5 Å². The number of rotatable bonds is 5. The Labute approximate surface area is 147 Å². The molecule has 2 aliphatic rings. The van der Waals surface area contributed by atoms with Crippen LogP contribution in [0.25, 0.3) is 0 Å². The molecular formula is C19H24N2O4. The quantitative estimate of drug-likeness (QED) is 0.892. The van der Waals surface area contributed by atoms with Gasteiger partial charge in [0.15, 0.2) is 0 Å². The molecule has 1 fully saturated rings. The van der Waals surface area contributed by atoms with Gasteiger partial charge in [0, 0.05) is 18.7 Å². The number of likely N-dealkylation sites (N-methyl/N-ethyl adjacent to an activating group) is 1. The van der Waals surface area contributed by atoms with Crippen molar-refractivity contribution in [2.75, 3.05) is 26.6 Å². The van der Waals surface area contributed by atoms with Crippen molar-refractivity contribution in [3.63, 3.8) is 0 Å². The van der Waals surface area contributed by atoms with Gasteiger partial charge in [-0.25, -0.2) is 0 Å². The maximum absolute atomic E-state index is 12.6. The molecular weight excluding hydrogens is 320 g/mol. The number of methoxy groups -OCH3 is 2. The average molecular weight is 344 g/mol. The van der Waals surface area contributed by atoms with Gasteiger partial charge in [-0.1, -0.05) is 6.42 Å². The number of hydrogen-bond acceptors (Lipinski definition) is 4. The molecule has 0 saturated heterocycles. The average Bonchev–Trinajstić information content (AvgIpc) is 2.87. The van der Waals surface area contributed by atoms with Crippen LogP contribution in [-0.2, 0) is 9.59 Å². The minimum Gasteiger partial charge on any atom is -0.497 e. The molecule has 1 aromatic rings. The molecule has 6 heteroatoms. The predicted octanol–water partition coefficient (Wildman–Crippen LogP) is 2.74. The number of anilines is 1. The SMILES string of the molecule is COc1ccc(OC)c(NC(=O)CC2=C3CCCCC3N(C)C2=O)c1. The first-order valence-corrected chi connectivity index (χ1v) is 8.56. The van der Waals surface area contributed by atoms with Crippen molar-refractivity contribution < 1.29 is 19.1 Å². The Bertz CT molecular complexity index is 726. The molecule has 1 aliphatic heterocycles. The fraction of sp³-hybridized carbons (Fsp3) is 0.474. The number of amides is 2. The molecule has 6 nitrogen and oxygen atoms in total. The van der Waals surface area contributed by atoms with Crippen LogP contribution in [0.2, 0.25) is 0 Å². The molecule has 0 radical (unpaired) electrons. The fourth-order valence-corrected chi connectivity index (χ4v) is 3.72. The second-order valence-electron chi connectivity index (χ2n) is 6.47. The van der Waals surface area contributed by atoms with Gasteiger partial charge < -0.3 is 19.7 Å². The molecule has 2 amide bonds. The van der Waals surface area contributed by atoms with E-state index in [9.17, 15) is 9.59 Å². The van der Waals surface area contributed by atoms with Crippen LogP contribution in [0, 0.1) is 0 Å². The molecule has 0 bridgehead atoms. The summed E-state index contributed by atoms with van der Waals surface area (Å²) in [5.74, 6) is 0.941. The van der Waals surface area contributed by atoms with Crippen molar-refractivity contribution in [2.45, 2.75) is 38.1 Å². The number of benzene rings is 1. The van der Waals surface area contributed by atoms with Gasteiger partial charge in [-0.3, -0.25) is 9.59 Å². The van der Waals surface area contributed by atoms with Gasteiger partial charge in [-0.05, 0) is 37.0 Å². The number of ether oxygens (including phenoxy) is 2. The summed E-state index contributed by atoms with van der Waals surface area (Å²) in [6, 6.07) is 5.39. The lowest BCUT2D eigenvalue weighted by Gasteiger charge is -2.26. The largest absolute Gasteiger partial charge is 0.497 e. The highest BCUT2D eigenvalue weighted by Crippen LogP contribution is 2.37. The molecule has 134 valence electrons. The van der Waals surface area contributed by atoms with Crippen LogP contribution in [0.15, 0.2) is 29.3 Å². The predicted molar refractivity (Wildman–Crippen MR) is 94.8 cm³/mol. The first kappa shape index (κ1) is 17.3. The number of carbonyl (C=O) groups is 2. The third kappa shape index (κ3) is 3.34. The van der Waals surface area contributed by atoms with Gasteiger partial charge in [0.25, 0.3) is 5.91 Å². The van der Waals surface area contributed by atoms with Gasteiger partial charge in [0.1, 0.15) is 11.5 Å². The molecule has 0 aromatic heterocycles. The van der Waals surface area contributed by atoms with Crippen molar-refractivity contribution in [3.8, 4) is 11.5 Å². The second kappa shape index (κ2) is 7.17. The normalized spacial score (nSPS) is 19.7. The molecule has 3 rings (SSSR count). The Morgan fingerprint density at radius 2 is 2.08 bits per heavy atom. The van der Waals surface area contributed by atoms with Crippen LogP contribution >= 0.6 is 0 Å². The maximum Gasteiger partial charge on any atom is 0.250 e. The topological polar surface area (TPSA) is 67.9 Å². The summed E-state index contributed by atoms with van der Waals surface area (Å²) in [7, 11) is 4.94. The van der Waals surface area contributed by atoms with Crippen molar-refractivity contribution in [3.05, 3.63) is 29.3 Å². The monoisotopic (exact) mass is 344 g/mol. The molecule has 1 atom stereocenters. The Kier molecular flexibility index (Phi) is 4.97. The number of nitrogens with one attached hydrogen (secondary N) is 1. The van der Waals surface area contributed by atoms with E-state index >= 15 is 0 Å². The highest BCUT2D eigenvalue weighted by atomic mass is 16.5. The summed E-state index contributed by atoms with van der Waals surface area (Å²) < 4.78 is 10.5. The van der Waals surface area contributed by atoms with E-state index in [2.05, 4.69) is 5.32 Å². The van der Waals surface area contributed by atoms with E-state index in [4.69, 9.17) is 9.47 Å². The van der Waals surface area contributed by atoms with Gasteiger partial charge in [-0.15, -0.1) is 0 Å². The zero-order valence-corrected chi connectivity index (χ0v) is 14.9. The third-order valence-electron chi connectivity index (χ3n) is 5.03. The lowest BCUT2D eigenvalue weighted by molar-refractivity contribution is -0.127. The summed E-state index contributed by atoms with van der Waals surface area (Å²) in [5, 5.41) is 2.85. The van der Waals surface area contributed by atoms with E-state index in [1.165, 1.54) is 0 Å². The van der Waals surface area contributed by atoms with Crippen LogP contribution in [0.1, 0.15) is 32.1 Å². The lowest BCUT2D eigenvalue weighted by atomic mass is 9.88. The summed E-state index contributed by atoms with van der Waals surface area (Å²) in [6.07, 6.45) is 4.21. The molecule has 1 unspecified atom stereocenters. The number of hydrogen-bond donors (Lipinski definition) is 1. The van der Waals surface area contributed by atoms with Crippen molar-refractivity contribution in [1.29, 1.82) is 0 Å². The molecule has 0 spiro atoms. The van der Waals surface area contributed by atoms with Crippen LogP contribution < -0.4 is 14.8 Å². The van der Waals surface area contributed by atoms with Crippen molar-refractivity contribution >= 4 is 17.5 Å². The fourth-order valence-electron chi connectivity index (χ4n) is 3.72. The minimum absolute atomic E-state index is 0.0188. The minimum atomic E-state index is -0.220. The first-order valence-electron chi connectivity index (χ1n) is 8.56. The maximum atomic E-state index is 12.6. The van der Waals surface area contributed by atoms with E-state index < -0.39 is 0 Å². The number of nitrogens with zero attached hydrogens (tertiary/aromatic N) is 1. The summed E-state index contributed by atoms with van der Waals surface area (Å²) in [4.78, 5) is 26.9. The highest BCUT2D eigenvalue weighted by Gasteiger charge is 2.38. The number of carbonyl (C=O) groups excluding carboxylic acids is 2. The number of fused-ring (bicyclic) bond motifs is 1. The van der Waals surface area contributed by atoms with Crippen molar-refractivity contribution in [2.24, 2.45) is 0 Å². The molecule has 1 saturated carbocycles. The second-order valence-corrected chi connectivity index (χ2v) is 6.47. The molecule has 1 N–H and O–H groups in total. The van der Waals surface area contributed by atoms with E-state index in [0.29, 0.717) is 22.8 Å². The van der Waals surface area contributed by atoms with E-state index in [-0.39, 0.29) is 24.3 Å². The van der Waals surface area contributed by atoms with Gasteiger partial charge >= 0.3 is 0 Å². The Hall–Kier alpha value is -2.50. The van der Waals surface area contributed by atoms with Crippen LogP contribution in [0.3, 0.4) is 0 Å². The van der Waals surface area contributed by atoms with Crippen LogP contribution in [-0.4, -0.2) is 44.0 Å². The van der Waals surface area contributed by atoms with Crippen molar-refractivity contribution in [1.82, 2.24) is 4.90 Å². The summed E-state index contributed by atoms with van der Waals surface area (Å²) in [5.41, 5.74) is 2.34. The van der Waals surface area contributed by atoms with Crippen LogP contribution in [0.4, 0.5) is 5.69 Å².